The quantitative estimate of drug-likeness (QED) is 0.598. The Hall–Kier alpha value is -4.01. The average molecular weight is 407 g/mol. The molecule has 0 bridgehead atoms. The van der Waals surface area contributed by atoms with Gasteiger partial charge >= 0.3 is 5.97 Å². The zero-order valence-corrected chi connectivity index (χ0v) is 15.8. The van der Waals surface area contributed by atoms with Crippen molar-refractivity contribution >= 4 is 40.7 Å². The lowest BCUT2D eigenvalue weighted by atomic mass is 10.1. The Morgan fingerprint density at radius 3 is 2.70 bits per heavy atom. The van der Waals surface area contributed by atoms with E-state index in [1.807, 2.05) is 0 Å². The molecule has 0 unspecified atom stereocenters. The monoisotopic (exact) mass is 407 g/mol. The smallest absolute Gasteiger partial charge is 0.354 e. The predicted molar refractivity (Wildman–Crippen MR) is 106 cm³/mol. The molecule has 9 nitrogen and oxygen atoms in total. The Kier molecular flexibility index (Phi) is 5.25. The number of nitrogens with zero attached hydrogens (tertiary/aromatic N) is 2. The van der Waals surface area contributed by atoms with Crippen molar-refractivity contribution in [1.82, 2.24) is 0 Å². The van der Waals surface area contributed by atoms with E-state index >= 15 is 0 Å². The number of benzene rings is 2. The minimum atomic E-state index is -0.758. The zero-order chi connectivity index (χ0) is 21.1. The van der Waals surface area contributed by atoms with Crippen LogP contribution in [0, 0.1) is 0 Å². The lowest BCUT2D eigenvalue weighted by Gasteiger charge is -2.22. The molecule has 2 aromatic carbocycles. The standard InChI is InChI=1S/C21H17N3O6/c25-17(13-6-8-18-16(10-13)22-19(26)12-29-18)11-30-21(28)15-7-9-20(27)24(23-15)14-4-2-1-3-5-14/h1-6,8,10H,7,9,11-12H2,(H,22,26). The third-order valence-electron chi connectivity index (χ3n) is 4.54. The Balaban J connectivity index is 1.42. The van der Waals surface area contributed by atoms with Gasteiger partial charge in [-0.15, -0.1) is 0 Å². The molecule has 152 valence electrons. The van der Waals surface area contributed by atoms with Gasteiger partial charge in [0.15, 0.2) is 19.0 Å². The maximum atomic E-state index is 12.4. The van der Waals surface area contributed by atoms with Crippen LogP contribution in [-0.2, 0) is 19.1 Å². The van der Waals surface area contributed by atoms with E-state index in [0.29, 0.717) is 17.1 Å². The first kappa shape index (κ1) is 19.3. The van der Waals surface area contributed by atoms with Gasteiger partial charge in [-0.3, -0.25) is 14.4 Å². The van der Waals surface area contributed by atoms with Crippen molar-refractivity contribution in [1.29, 1.82) is 0 Å². The lowest BCUT2D eigenvalue weighted by Crippen LogP contribution is -2.35. The Bertz CT molecular complexity index is 1060. The molecule has 0 atom stereocenters. The van der Waals surface area contributed by atoms with E-state index in [1.54, 1.807) is 36.4 Å². The van der Waals surface area contributed by atoms with Crippen LogP contribution in [0.1, 0.15) is 23.2 Å². The van der Waals surface area contributed by atoms with Crippen LogP contribution in [0.4, 0.5) is 11.4 Å². The predicted octanol–water partition coefficient (Wildman–Crippen LogP) is 1.93. The van der Waals surface area contributed by atoms with Gasteiger partial charge in [0.25, 0.3) is 5.91 Å². The summed E-state index contributed by atoms with van der Waals surface area (Å²) >= 11 is 0. The van der Waals surface area contributed by atoms with Crippen LogP contribution in [0.15, 0.2) is 53.6 Å². The molecule has 0 saturated carbocycles. The number of anilines is 2. The summed E-state index contributed by atoms with van der Waals surface area (Å²) in [5, 5.41) is 7.88. The molecule has 1 N–H and O–H groups in total. The van der Waals surface area contributed by atoms with Crippen molar-refractivity contribution in [2.75, 3.05) is 23.5 Å². The van der Waals surface area contributed by atoms with Crippen LogP contribution in [0.3, 0.4) is 0 Å². The lowest BCUT2D eigenvalue weighted by molar-refractivity contribution is -0.134. The van der Waals surface area contributed by atoms with Crippen molar-refractivity contribution in [2.24, 2.45) is 5.10 Å². The highest BCUT2D eigenvalue weighted by Gasteiger charge is 2.27. The molecule has 2 aromatic rings. The van der Waals surface area contributed by atoms with Crippen LogP contribution >= 0.6 is 0 Å². The molecule has 2 heterocycles. The van der Waals surface area contributed by atoms with Crippen molar-refractivity contribution < 1.29 is 28.7 Å². The van der Waals surface area contributed by atoms with Gasteiger partial charge in [0.1, 0.15) is 11.5 Å². The Labute approximate surface area is 171 Å². The topological polar surface area (TPSA) is 114 Å². The SMILES string of the molecule is O=C1COc2ccc(C(=O)COC(=O)C3=NN(c4ccccc4)C(=O)CC3)cc2N1. The third-order valence-corrected chi connectivity index (χ3v) is 4.54. The Morgan fingerprint density at radius 1 is 1.10 bits per heavy atom. The number of hydrogen-bond acceptors (Lipinski definition) is 7. The first-order valence-corrected chi connectivity index (χ1v) is 9.24. The number of rotatable bonds is 5. The number of carbonyl (C=O) groups excluding carboxylic acids is 4. The van der Waals surface area contributed by atoms with Gasteiger partial charge in [-0.25, -0.2) is 9.80 Å². The maximum Gasteiger partial charge on any atom is 0.354 e. The molecule has 0 aromatic heterocycles. The Morgan fingerprint density at radius 2 is 1.90 bits per heavy atom. The number of para-hydroxylation sites is 1. The average Bonchev–Trinajstić information content (AvgIpc) is 2.77. The van der Waals surface area contributed by atoms with Crippen molar-refractivity contribution in [3.63, 3.8) is 0 Å². The summed E-state index contributed by atoms with van der Waals surface area (Å²) in [7, 11) is 0. The second kappa shape index (κ2) is 8.16. The van der Waals surface area contributed by atoms with Gasteiger partial charge in [-0.1, -0.05) is 18.2 Å². The van der Waals surface area contributed by atoms with E-state index in [2.05, 4.69) is 10.4 Å². The number of fused-ring (bicyclic) bond motifs is 1. The van der Waals surface area contributed by atoms with Gasteiger partial charge in [-0.05, 0) is 30.3 Å². The molecule has 9 heteroatoms. The number of hydrazone groups is 1. The molecule has 2 aliphatic heterocycles. The summed E-state index contributed by atoms with van der Waals surface area (Å²) in [6.07, 6.45) is 0.249. The summed E-state index contributed by atoms with van der Waals surface area (Å²) in [5.74, 6) is -1.28. The molecule has 4 rings (SSSR count). The van der Waals surface area contributed by atoms with Crippen molar-refractivity contribution in [3.8, 4) is 5.75 Å². The van der Waals surface area contributed by atoms with Gasteiger partial charge in [-0.2, -0.15) is 5.10 Å². The summed E-state index contributed by atoms with van der Waals surface area (Å²) < 4.78 is 10.4. The first-order chi connectivity index (χ1) is 14.5. The van der Waals surface area contributed by atoms with Crippen molar-refractivity contribution in [3.05, 3.63) is 54.1 Å². The number of ketones is 1. The molecular formula is C21H17N3O6. The second-order valence-electron chi connectivity index (χ2n) is 6.63. The highest BCUT2D eigenvalue weighted by Crippen LogP contribution is 2.28. The largest absolute Gasteiger partial charge is 0.482 e. The van der Waals surface area contributed by atoms with E-state index in [-0.39, 0.29) is 42.5 Å². The van der Waals surface area contributed by atoms with E-state index in [1.165, 1.54) is 12.1 Å². The van der Waals surface area contributed by atoms with Crippen LogP contribution in [0.5, 0.6) is 5.75 Å². The van der Waals surface area contributed by atoms with E-state index in [0.717, 1.165) is 5.01 Å². The molecule has 0 spiro atoms. The van der Waals surface area contributed by atoms with Crippen molar-refractivity contribution in [2.45, 2.75) is 12.8 Å². The molecule has 0 fully saturated rings. The van der Waals surface area contributed by atoms with Gasteiger partial charge < -0.3 is 14.8 Å². The number of hydrogen-bond donors (Lipinski definition) is 1. The zero-order valence-electron chi connectivity index (χ0n) is 15.8. The van der Waals surface area contributed by atoms with Crippen LogP contribution in [-0.4, -0.2) is 42.5 Å². The highest BCUT2D eigenvalue weighted by molar-refractivity contribution is 6.38. The van der Waals surface area contributed by atoms with E-state index in [9.17, 15) is 19.2 Å². The molecule has 2 amide bonds. The third kappa shape index (κ3) is 4.04. The van der Waals surface area contributed by atoms with Crippen LogP contribution < -0.4 is 15.1 Å². The summed E-state index contributed by atoms with van der Waals surface area (Å²) in [6.45, 7) is -0.576. The molecule has 0 saturated heterocycles. The first-order valence-electron chi connectivity index (χ1n) is 9.24. The summed E-state index contributed by atoms with van der Waals surface area (Å²) in [6, 6.07) is 13.3. The molecule has 2 aliphatic rings. The fraction of sp³-hybridized carbons (Fsp3) is 0.190. The number of carbonyl (C=O) groups is 4. The number of ether oxygens (including phenoxy) is 2. The van der Waals surface area contributed by atoms with Gasteiger partial charge in [0.05, 0.1) is 11.4 Å². The minimum Gasteiger partial charge on any atom is -0.482 e. The summed E-state index contributed by atoms with van der Waals surface area (Å²) in [5.41, 5.74) is 1.26. The van der Waals surface area contributed by atoms with E-state index < -0.39 is 18.4 Å². The highest BCUT2D eigenvalue weighted by atomic mass is 16.5. The maximum absolute atomic E-state index is 12.4. The molecule has 30 heavy (non-hydrogen) atoms. The number of Topliss-reactive ketones (excluding diaryl/α,β-unsaturated/α-hetero) is 1. The number of esters is 1. The van der Waals surface area contributed by atoms with Gasteiger partial charge in [0, 0.05) is 18.4 Å². The molecule has 0 radical (unpaired) electrons. The van der Waals surface area contributed by atoms with Gasteiger partial charge in [0.2, 0.25) is 5.91 Å². The summed E-state index contributed by atoms with van der Waals surface area (Å²) in [4.78, 5) is 48.3. The van der Waals surface area contributed by atoms with Crippen LogP contribution in [0.25, 0.3) is 0 Å². The second-order valence-corrected chi connectivity index (χ2v) is 6.63. The molecule has 0 aliphatic carbocycles. The number of nitrogens with one attached hydrogen (secondary N) is 1. The fourth-order valence-electron chi connectivity index (χ4n) is 3.03. The van der Waals surface area contributed by atoms with Crippen LogP contribution in [0.2, 0.25) is 0 Å². The van der Waals surface area contributed by atoms with E-state index in [4.69, 9.17) is 9.47 Å². The fourth-order valence-corrected chi connectivity index (χ4v) is 3.03. The molecular weight excluding hydrogens is 390 g/mol. The normalized spacial score (nSPS) is 15.5. The number of amides is 2. The minimum absolute atomic E-state index is 0.0670.